The number of halogens is 3. The van der Waals surface area contributed by atoms with Crippen molar-refractivity contribution in [3.8, 4) is 5.88 Å². The summed E-state index contributed by atoms with van der Waals surface area (Å²) in [6, 6.07) is 0. The van der Waals surface area contributed by atoms with E-state index in [1.54, 1.807) is 6.92 Å². The maximum atomic E-state index is 12.0. The summed E-state index contributed by atoms with van der Waals surface area (Å²) in [5.41, 5.74) is 0.453. The fourth-order valence-corrected chi connectivity index (χ4v) is 2.77. The van der Waals surface area contributed by atoms with Gasteiger partial charge in [0.05, 0.1) is 12.0 Å². The van der Waals surface area contributed by atoms with E-state index in [0.29, 0.717) is 15.8 Å². The Balaban J connectivity index is 2.18. The highest BCUT2D eigenvalue weighted by Crippen LogP contribution is 2.34. The SMILES string of the molecule is Cc1c(C(=O)O)sc2ncnc(OCCCC(F)(F)F)c12. The summed E-state index contributed by atoms with van der Waals surface area (Å²) in [6.45, 7) is 1.44. The van der Waals surface area contributed by atoms with Crippen molar-refractivity contribution in [3.63, 3.8) is 0 Å². The Morgan fingerprint density at radius 1 is 1.43 bits per heavy atom. The maximum Gasteiger partial charge on any atom is 0.389 e. The minimum atomic E-state index is -4.22. The van der Waals surface area contributed by atoms with Gasteiger partial charge in [-0.05, 0) is 18.9 Å². The van der Waals surface area contributed by atoms with Crippen LogP contribution in [0.15, 0.2) is 6.33 Å². The molecule has 0 radical (unpaired) electrons. The molecule has 2 heterocycles. The molecular weight excluding hydrogens is 309 g/mol. The summed E-state index contributed by atoms with van der Waals surface area (Å²) in [5.74, 6) is -0.970. The Bertz CT molecular complexity index is 670. The lowest BCUT2D eigenvalue weighted by Gasteiger charge is -2.08. The molecule has 0 aromatic carbocycles. The van der Waals surface area contributed by atoms with Gasteiger partial charge >= 0.3 is 12.1 Å². The standard InChI is InChI=1S/C12H11F3N2O3S/c1-6-7-9(20-4-2-3-12(13,14)15)16-5-17-10(7)21-8(6)11(18)19/h5H,2-4H2,1H3,(H,18,19). The van der Waals surface area contributed by atoms with Crippen LogP contribution in [-0.2, 0) is 0 Å². The predicted molar refractivity (Wildman–Crippen MR) is 69.9 cm³/mol. The zero-order valence-corrected chi connectivity index (χ0v) is 11.7. The van der Waals surface area contributed by atoms with E-state index in [4.69, 9.17) is 9.84 Å². The first-order chi connectivity index (χ1) is 9.79. The second-order valence-corrected chi connectivity index (χ2v) is 5.29. The number of carboxylic acid groups (broad SMARTS) is 1. The van der Waals surface area contributed by atoms with Gasteiger partial charge in [-0.15, -0.1) is 11.3 Å². The van der Waals surface area contributed by atoms with Gasteiger partial charge in [-0.1, -0.05) is 0 Å². The van der Waals surface area contributed by atoms with Gasteiger partial charge in [-0.25, -0.2) is 14.8 Å². The molecule has 0 bridgehead atoms. The quantitative estimate of drug-likeness (QED) is 0.855. The van der Waals surface area contributed by atoms with Crippen LogP contribution in [0.4, 0.5) is 13.2 Å². The molecule has 1 N–H and O–H groups in total. The number of thiophene rings is 1. The van der Waals surface area contributed by atoms with E-state index in [0.717, 1.165) is 11.3 Å². The first-order valence-corrected chi connectivity index (χ1v) is 6.78. The van der Waals surface area contributed by atoms with Crippen molar-refractivity contribution in [3.05, 3.63) is 16.8 Å². The fraction of sp³-hybridized carbons (Fsp3) is 0.417. The third-order valence-corrected chi connectivity index (χ3v) is 3.92. The second-order valence-electron chi connectivity index (χ2n) is 4.29. The third-order valence-electron chi connectivity index (χ3n) is 2.73. The Hall–Kier alpha value is -1.90. The van der Waals surface area contributed by atoms with Crippen LogP contribution in [0.2, 0.25) is 0 Å². The Kier molecular flexibility index (Phi) is 4.31. The van der Waals surface area contributed by atoms with Crippen LogP contribution in [0.25, 0.3) is 10.2 Å². The molecule has 2 aromatic rings. The van der Waals surface area contributed by atoms with E-state index in [2.05, 4.69) is 9.97 Å². The van der Waals surface area contributed by atoms with Crippen LogP contribution in [-0.4, -0.2) is 33.8 Å². The number of rotatable bonds is 5. The van der Waals surface area contributed by atoms with E-state index < -0.39 is 18.6 Å². The van der Waals surface area contributed by atoms with Crippen molar-refractivity contribution in [2.75, 3.05) is 6.61 Å². The minimum Gasteiger partial charge on any atom is -0.477 e. The molecule has 2 aromatic heterocycles. The van der Waals surface area contributed by atoms with Crippen LogP contribution in [0, 0.1) is 6.92 Å². The van der Waals surface area contributed by atoms with Crippen LogP contribution >= 0.6 is 11.3 Å². The molecule has 0 spiro atoms. The monoisotopic (exact) mass is 320 g/mol. The van der Waals surface area contributed by atoms with Gasteiger partial charge < -0.3 is 9.84 Å². The van der Waals surface area contributed by atoms with Crippen LogP contribution in [0.1, 0.15) is 28.1 Å². The molecule has 0 saturated carbocycles. The average molecular weight is 320 g/mol. The summed E-state index contributed by atoms with van der Waals surface area (Å²) in [6.07, 6.45) is -4.16. The number of hydrogen-bond donors (Lipinski definition) is 1. The number of aromatic nitrogens is 2. The molecule has 5 nitrogen and oxygen atoms in total. The van der Waals surface area contributed by atoms with Gasteiger partial charge in [0.2, 0.25) is 5.88 Å². The molecule has 9 heteroatoms. The molecule has 0 atom stereocenters. The molecule has 0 aliphatic heterocycles. The molecule has 0 saturated heterocycles. The van der Waals surface area contributed by atoms with Crippen molar-refractivity contribution in [1.82, 2.24) is 9.97 Å². The minimum absolute atomic E-state index is 0.114. The summed E-state index contributed by atoms with van der Waals surface area (Å²) in [4.78, 5) is 19.5. The Labute approximate surface area is 121 Å². The maximum absolute atomic E-state index is 12.0. The number of carboxylic acids is 1. The van der Waals surface area contributed by atoms with Crippen molar-refractivity contribution in [2.24, 2.45) is 0 Å². The highest BCUT2D eigenvalue weighted by Gasteiger charge is 2.26. The van der Waals surface area contributed by atoms with Crippen LogP contribution < -0.4 is 4.74 Å². The van der Waals surface area contributed by atoms with Crippen molar-refractivity contribution in [1.29, 1.82) is 0 Å². The molecule has 0 fully saturated rings. The topological polar surface area (TPSA) is 72.3 Å². The van der Waals surface area contributed by atoms with Crippen LogP contribution in [0.5, 0.6) is 5.88 Å². The number of hydrogen-bond acceptors (Lipinski definition) is 5. The first kappa shape index (κ1) is 15.5. The van der Waals surface area contributed by atoms with E-state index in [1.165, 1.54) is 6.33 Å². The lowest BCUT2D eigenvalue weighted by atomic mass is 10.2. The Morgan fingerprint density at radius 3 is 2.76 bits per heavy atom. The zero-order chi connectivity index (χ0) is 15.6. The number of alkyl halides is 3. The lowest BCUT2D eigenvalue weighted by molar-refractivity contribution is -0.136. The number of carbonyl (C=O) groups is 1. The molecule has 0 unspecified atom stereocenters. The van der Waals surface area contributed by atoms with E-state index in [-0.39, 0.29) is 23.8 Å². The summed E-state index contributed by atoms with van der Waals surface area (Å²) < 4.78 is 41.4. The summed E-state index contributed by atoms with van der Waals surface area (Å²) in [7, 11) is 0. The van der Waals surface area contributed by atoms with Crippen molar-refractivity contribution in [2.45, 2.75) is 25.9 Å². The number of aryl methyl sites for hydroxylation is 1. The van der Waals surface area contributed by atoms with Crippen molar-refractivity contribution < 1.29 is 27.8 Å². The number of aromatic carboxylic acids is 1. The molecule has 0 aliphatic carbocycles. The van der Waals surface area contributed by atoms with Gasteiger partial charge in [0, 0.05) is 6.42 Å². The third kappa shape index (κ3) is 3.60. The second kappa shape index (κ2) is 5.84. The zero-order valence-electron chi connectivity index (χ0n) is 10.9. The largest absolute Gasteiger partial charge is 0.477 e. The molecule has 2 rings (SSSR count). The normalized spacial score (nSPS) is 11.8. The number of nitrogens with zero attached hydrogens (tertiary/aromatic N) is 2. The first-order valence-electron chi connectivity index (χ1n) is 5.96. The Morgan fingerprint density at radius 2 is 2.14 bits per heavy atom. The van der Waals surface area contributed by atoms with Crippen LogP contribution in [0.3, 0.4) is 0 Å². The molecule has 0 aliphatic rings. The highest BCUT2D eigenvalue weighted by molar-refractivity contribution is 7.20. The van der Waals surface area contributed by atoms with Gasteiger partial charge in [-0.3, -0.25) is 0 Å². The fourth-order valence-electron chi connectivity index (χ4n) is 1.79. The van der Waals surface area contributed by atoms with Gasteiger partial charge in [0.25, 0.3) is 0 Å². The summed E-state index contributed by atoms with van der Waals surface area (Å²) in [5, 5.41) is 9.49. The highest BCUT2D eigenvalue weighted by atomic mass is 32.1. The van der Waals surface area contributed by atoms with E-state index in [1.807, 2.05) is 0 Å². The number of fused-ring (bicyclic) bond motifs is 1. The van der Waals surface area contributed by atoms with Gasteiger partial charge in [-0.2, -0.15) is 13.2 Å². The van der Waals surface area contributed by atoms with Crippen molar-refractivity contribution >= 4 is 27.5 Å². The molecule has 21 heavy (non-hydrogen) atoms. The number of ether oxygens (including phenoxy) is 1. The average Bonchev–Trinajstić information content (AvgIpc) is 2.72. The molecule has 114 valence electrons. The molecule has 0 amide bonds. The lowest BCUT2D eigenvalue weighted by Crippen LogP contribution is -2.10. The van der Waals surface area contributed by atoms with Gasteiger partial charge in [0.15, 0.2) is 0 Å². The van der Waals surface area contributed by atoms with Gasteiger partial charge in [0.1, 0.15) is 16.0 Å². The smallest absolute Gasteiger partial charge is 0.389 e. The van der Waals surface area contributed by atoms with E-state index >= 15 is 0 Å². The molecular formula is C12H11F3N2O3S. The van der Waals surface area contributed by atoms with E-state index in [9.17, 15) is 18.0 Å². The predicted octanol–water partition coefficient (Wildman–Crippen LogP) is 3.42. The summed E-state index contributed by atoms with van der Waals surface area (Å²) >= 11 is 0.979.